The molecule has 0 bridgehead atoms. The summed E-state index contributed by atoms with van der Waals surface area (Å²) in [6.45, 7) is 1.13. The Balaban J connectivity index is 2.09. The van der Waals surface area contributed by atoms with E-state index in [9.17, 15) is 14.0 Å². The highest BCUT2D eigenvalue weighted by Crippen LogP contribution is 2.33. The van der Waals surface area contributed by atoms with Gasteiger partial charge in [0.25, 0.3) is 5.56 Å². The minimum atomic E-state index is -0.977. The quantitative estimate of drug-likeness (QED) is 0.556. The highest BCUT2D eigenvalue weighted by Gasteiger charge is 2.26. The fourth-order valence-corrected chi connectivity index (χ4v) is 3.94. The van der Waals surface area contributed by atoms with Crippen LogP contribution >= 0.6 is 34.8 Å². The summed E-state index contributed by atoms with van der Waals surface area (Å²) in [6, 6.07) is 2.52. The standard InChI is InChI=1S/C17H16Cl3FN2O3/c1-26-17(25)12(19)7-9-6-10(13(21)8-11(9)18)14-15(20)22-4-2-3-5-23(22)16(14)24/h6,8,12H,2-5,7H2,1H3. The summed E-state index contributed by atoms with van der Waals surface area (Å²) in [5.74, 6) is -1.28. The van der Waals surface area contributed by atoms with Crippen LogP contribution in [0.5, 0.6) is 0 Å². The predicted molar refractivity (Wildman–Crippen MR) is 98.7 cm³/mol. The molecule has 1 aromatic heterocycles. The van der Waals surface area contributed by atoms with Gasteiger partial charge in [-0.3, -0.25) is 14.3 Å². The number of halogens is 4. The maximum Gasteiger partial charge on any atom is 0.324 e. The van der Waals surface area contributed by atoms with Gasteiger partial charge in [0, 0.05) is 30.1 Å². The van der Waals surface area contributed by atoms with Gasteiger partial charge >= 0.3 is 5.97 Å². The Bertz CT molecular complexity index is 923. The third-order valence-electron chi connectivity index (χ3n) is 4.42. The van der Waals surface area contributed by atoms with Crippen LogP contribution in [0.3, 0.4) is 0 Å². The van der Waals surface area contributed by atoms with E-state index in [1.807, 2.05) is 0 Å². The van der Waals surface area contributed by atoms with E-state index in [1.165, 1.54) is 17.9 Å². The van der Waals surface area contributed by atoms with Crippen LogP contribution in [0.2, 0.25) is 10.2 Å². The molecule has 1 aliphatic rings. The topological polar surface area (TPSA) is 53.2 Å². The van der Waals surface area contributed by atoms with Gasteiger partial charge in [-0.15, -0.1) is 11.6 Å². The van der Waals surface area contributed by atoms with Crippen LogP contribution in [0, 0.1) is 5.82 Å². The molecule has 1 aliphatic heterocycles. The molecule has 0 N–H and O–H groups in total. The lowest BCUT2D eigenvalue weighted by atomic mass is 10.0. The molecule has 0 saturated heterocycles. The molecule has 9 heteroatoms. The summed E-state index contributed by atoms with van der Waals surface area (Å²) in [5, 5.41) is -0.673. The summed E-state index contributed by atoms with van der Waals surface area (Å²) in [7, 11) is 1.22. The number of benzene rings is 1. The van der Waals surface area contributed by atoms with Crippen LogP contribution in [0.4, 0.5) is 4.39 Å². The molecule has 0 amide bonds. The summed E-state index contributed by atoms with van der Waals surface area (Å²) in [4.78, 5) is 24.3. The van der Waals surface area contributed by atoms with Gasteiger partial charge in [0.05, 0.1) is 12.7 Å². The minimum absolute atomic E-state index is 0.0346. The zero-order valence-electron chi connectivity index (χ0n) is 13.9. The van der Waals surface area contributed by atoms with Gasteiger partial charge in [-0.25, -0.2) is 9.07 Å². The molecule has 0 spiro atoms. The monoisotopic (exact) mass is 420 g/mol. The Hall–Kier alpha value is -1.50. The van der Waals surface area contributed by atoms with Gasteiger partial charge in [0.15, 0.2) is 0 Å². The van der Waals surface area contributed by atoms with E-state index in [4.69, 9.17) is 34.8 Å². The first-order valence-electron chi connectivity index (χ1n) is 8.04. The van der Waals surface area contributed by atoms with Gasteiger partial charge in [0.1, 0.15) is 16.3 Å². The smallest absolute Gasteiger partial charge is 0.324 e. The maximum atomic E-state index is 14.6. The van der Waals surface area contributed by atoms with Crippen LogP contribution in [-0.2, 0) is 29.0 Å². The normalized spacial score (nSPS) is 14.8. The van der Waals surface area contributed by atoms with E-state index in [0.717, 1.165) is 18.9 Å². The number of methoxy groups -OCH3 is 1. The number of alkyl halides is 1. The Morgan fingerprint density at radius 1 is 1.27 bits per heavy atom. The van der Waals surface area contributed by atoms with Crippen LogP contribution in [0.1, 0.15) is 18.4 Å². The first kappa shape index (κ1) is 19.3. The van der Waals surface area contributed by atoms with Crippen LogP contribution in [0.25, 0.3) is 11.1 Å². The number of esters is 1. The number of carbonyl (C=O) groups excluding carboxylic acids is 1. The van der Waals surface area contributed by atoms with E-state index >= 15 is 0 Å². The van der Waals surface area contributed by atoms with Gasteiger partial charge in [-0.2, -0.15) is 0 Å². The first-order valence-corrected chi connectivity index (χ1v) is 9.23. The Labute approximate surface area is 164 Å². The molecule has 0 saturated carbocycles. The highest BCUT2D eigenvalue weighted by atomic mass is 35.5. The Morgan fingerprint density at radius 2 is 1.92 bits per heavy atom. The molecular weight excluding hydrogens is 406 g/mol. The number of aromatic nitrogens is 2. The van der Waals surface area contributed by atoms with Crippen molar-refractivity contribution in [1.29, 1.82) is 0 Å². The Morgan fingerprint density at radius 3 is 2.54 bits per heavy atom. The largest absolute Gasteiger partial charge is 0.468 e. The van der Waals surface area contributed by atoms with Gasteiger partial charge in [-0.1, -0.05) is 23.2 Å². The van der Waals surface area contributed by atoms with Crippen molar-refractivity contribution in [2.24, 2.45) is 0 Å². The van der Waals surface area contributed by atoms with Crippen molar-refractivity contribution in [3.05, 3.63) is 44.0 Å². The van der Waals surface area contributed by atoms with Gasteiger partial charge in [-0.05, 0) is 30.5 Å². The molecule has 1 aromatic carbocycles. The van der Waals surface area contributed by atoms with Gasteiger partial charge in [0.2, 0.25) is 0 Å². The van der Waals surface area contributed by atoms with Crippen molar-refractivity contribution in [2.45, 2.75) is 37.7 Å². The zero-order valence-corrected chi connectivity index (χ0v) is 16.2. The fourth-order valence-electron chi connectivity index (χ4n) is 3.10. The predicted octanol–water partition coefficient (Wildman–Crippen LogP) is 3.88. The van der Waals surface area contributed by atoms with Crippen LogP contribution < -0.4 is 5.56 Å². The molecule has 2 aromatic rings. The van der Waals surface area contributed by atoms with Crippen molar-refractivity contribution in [1.82, 2.24) is 9.36 Å². The summed E-state index contributed by atoms with van der Waals surface area (Å²) in [5.41, 5.74) is 0.214. The number of carbonyl (C=O) groups is 1. The van der Waals surface area contributed by atoms with Crippen LogP contribution in [0.15, 0.2) is 16.9 Å². The number of hydrogen-bond donors (Lipinski definition) is 0. The molecule has 0 aliphatic carbocycles. The van der Waals surface area contributed by atoms with Crippen molar-refractivity contribution in [2.75, 3.05) is 7.11 Å². The molecular formula is C17H16Cl3FN2O3. The second-order valence-corrected chi connectivity index (χ2v) is 7.33. The molecule has 1 atom stereocenters. The minimum Gasteiger partial charge on any atom is -0.468 e. The van der Waals surface area contributed by atoms with Crippen LogP contribution in [-0.4, -0.2) is 27.8 Å². The summed E-state index contributed by atoms with van der Waals surface area (Å²) in [6.07, 6.45) is 1.79. The van der Waals surface area contributed by atoms with Crippen molar-refractivity contribution in [3.63, 3.8) is 0 Å². The fraction of sp³-hybridized carbons (Fsp3) is 0.412. The van der Waals surface area contributed by atoms with Crippen molar-refractivity contribution >= 4 is 40.8 Å². The number of fused-ring (bicyclic) bond motifs is 1. The molecule has 1 unspecified atom stereocenters. The van der Waals surface area contributed by atoms with E-state index < -0.39 is 17.2 Å². The summed E-state index contributed by atoms with van der Waals surface area (Å²) < 4.78 is 22.4. The molecule has 0 fully saturated rings. The van der Waals surface area contributed by atoms with E-state index in [0.29, 0.717) is 18.7 Å². The lowest BCUT2D eigenvalue weighted by Gasteiger charge is -2.17. The summed E-state index contributed by atoms with van der Waals surface area (Å²) >= 11 is 18.5. The third kappa shape index (κ3) is 3.38. The number of nitrogens with zero attached hydrogens (tertiary/aromatic N) is 2. The second kappa shape index (κ2) is 7.62. The highest BCUT2D eigenvalue weighted by molar-refractivity contribution is 6.33. The molecule has 140 valence electrons. The third-order valence-corrected chi connectivity index (χ3v) is 5.49. The second-order valence-electron chi connectivity index (χ2n) is 6.04. The number of rotatable bonds is 4. The average Bonchev–Trinajstić information content (AvgIpc) is 2.88. The molecule has 5 nitrogen and oxygen atoms in total. The maximum absolute atomic E-state index is 14.6. The molecule has 26 heavy (non-hydrogen) atoms. The van der Waals surface area contributed by atoms with E-state index in [2.05, 4.69) is 4.74 Å². The van der Waals surface area contributed by atoms with Gasteiger partial charge < -0.3 is 4.74 Å². The average molecular weight is 422 g/mol. The lowest BCUT2D eigenvalue weighted by molar-refractivity contribution is -0.140. The molecule has 0 radical (unpaired) electrons. The van der Waals surface area contributed by atoms with E-state index in [-0.39, 0.29) is 33.3 Å². The first-order chi connectivity index (χ1) is 12.3. The number of ether oxygens (including phenoxy) is 1. The van der Waals surface area contributed by atoms with Crippen molar-refractivity contribution < 1.29 is 13.9 Å². The molecule has 2 heterocycles. The zero-order chi connectivity index (χ0) is 19.0. The number of hydrogen-bond acceptors (Lipinski definition) is 3. The molecule has 3 rings (SSSR count). The Kier molecular flexibility index (Phi) is 5.65. The lowest BCUT2D eigenvalue weighted by Crippen LogP contribution is -2.27. The van der Waals surface area contributed by atoms with E-state index in [1.54, 1.807) is 4.68 Å². The SMILES string of the molecule is COC(=O)C(Cl)Cc1cc(-c2c(Cl)n3n(c2=O)CCCC3)c(F)cc1Cl. The van der Waals surface area contributed by atoms with Crippen molar-refractivity contribution in [3.8, 4) is 11.1 Å².